The van der Waals surface area contributed by atoms with Gasteiger partial charge in [-0.15, -0.1) is 0 Å². The zero-order valence-corrected chi connectivity index (χ0v) is 16.8. The predicted molar refractivity (Wildman–Crippen MR) is 108 cm³/mol. The van der Waals surface area contributed by atoms with Crippen LogP contribution in [0.25, 0.3) is 11.3 Å². The molecule has 0 radical (unpaired) electrons. The number of ether oxygens (including phenoxy) is 4. The molecule has 0 spiro atoms. The van der Waals surface area contributed by atoms with Crippen LogP contribution in [0.5, 0.6) is 23.0 Å². The SMILES string of the molecule is COc1cc2c(cc1OC)CN(C(=O)c1ccc(-c3ccc4c(c3)OCO4)o1)CC2. The van der Waals surface area contributed by atoms with Gasteiger partial charge in [0, 0.05) is 18.7 Å². The molecule has 2 aliphatic rings. The first-order valence-electron chi connectivity index (χ1n) is 9.69. The number of nitrogens with zero attached hydrogens (tertiary/aromatic N) is 1. The number of rotatable bonds is 4. The average Bonchev–Trinajstić information content (AvgIpc) is 3.46. The summed E-state index contributed by atoms with van der Waals surface area (Å²) in [7, 11) is 3.23. The van der Waals surface area contributed by atoms with Crippen LogP contribution in [-0.4, -0.2) is 38.4 Å². The molecule has 5 rings (SSSR count). The first kappa shape index (κ1) is 18.4. The fourth-order valence-corrected chi connectivity index (χ4v) is 3.87. The maximum absolute atomic E-state index is 13.1. The standard InChI is InChI=1S/C23H21NO6/c1-26-20-9-14-7-8-24(12-16(14)11-21(20)27-2)23(25)19-6-5-17(30-19)15-3-4-18-22(10-15)29-13-28-18/h3-6,9-11H,7-8,12-13H2,1-2H3. The van der Waals surface area contributed by atoms with Crippen molar-refractivity contribution in [2.75, 3.05) is 27.6 Å². The van der Waals surface area contributed by atoms with E-state index in [9.17, 15) is 4.79 Å². The fraction of sp³-hybridized carbons (Fsp3) is 0.261. The highest BCUT2D eigenvalue weighted by molar-refractivity contribution is 5.92. The van der Waals surface area contributed by atoms with Crippen LogP contribution in [-0.2, 0) is 13.0 Å². The summed E-state index contributed by atoms with van der Waals surface area (Å²) in [4.78, 5) is 14.8. The molecule has 0 bridgehead atoms. The van der Waals surface area contributed by atoms with E-state index in [1.165, 1.54) is 0 Å². The minimum absolute atomic E-state index is 0.137. The Kier molecular flexibility index (Phi) is 4.50. The predicted octanol–water partition coefficient (Wildman–Crippen LogP) is 3.89. The Hall–Kier alpha value is -3.61. The normalized spacial score (nSPS) is 14.4. The summed E-state index contributed by atoms with van der Waals surface area (Å²) >= 11 is 0. The molecule has 0 atom stereocenters. The molecule has 1 aromatic heterocycles. The molecular formula is C23H21NO6. The highest BCUT2D eigenvalue weighted by Crippen LogP contribution is 2.37. The molecule has 0 N–H and O–H groups in total. The summed E-state index contributed by atoms with van der Waals surface area (Å²) in [5.41, 5.74) is 3.05. The lowest BCUT2D eigenvalue weighted by atomic mass is 9.98. The van der Waals surface area contributed by atoms with Gasteiger partial charge in [-0.05, 0) is 60.0 Å². The molecule has 7 heteroatoms. The van der Waals surface area contributed by atoms with Crippen LogP contribution in [0.15, 0.2) is 46.9 Å². The molecule has 3 aromatic rings. The van der Waals surface area contributed by atoms with Crippen molar-refractivity contribution in [3.8, 4) is 34.3 Å². The lowest BCUT2D eigenvalue weighted by Crippen LogP contribution is -2.35. The Morgan fingerprint density at radius 3 is 2.50 bits per heavy atom. The number of hydrogen-bond acceptors (Lipinski definition) is 6. The van der Waals surface area contributed by atoms with Crippen molar-refractivity contribution in [2.24, 2.45) is 0 Å². The van der Waals surface area contributed by atoms with Crippen LogP contribution in [0.1, 0.15) is 21.7 Å². The van der Waals surface area contributed by atoms with Gasteiger partial charge in [0.25, 0.3) is 5.91 Å². The largest absolute Gasteiger partial charge is 0.493 e. The summed E-state index contributed by atoms with van der Waals surface area (Å²) in [6.07, 6.45) is 0.747. The molecule has 2 aromatic carbocycles. The topological polar surface area (TPSA) is 70.4 Å². The molecule has 1 amide bonds. The van der Waals surface area contributed by atoms with Crippen LogP contribution < -0.4 is 18.9 Å². The highest BCUT2D eigenvalue weighted by atomic mass is 16.7. The van der Waals surface area contributed by atoms with Crippen LogP contribution in [0, 0.1) is 0 Å². The van der Waals surface area contributed by atoms with E-state index in [4.69, 9.17) is 23.4 Å². The van der Waals surface area contributed by atoms with Crippen molar-refractivity contribution in [2.45, 2.75) is 13.0 Å². The Labute approximate surface area is 173 Å². The van der Waals surface area contributed by atoms with E-state index in [1.54, 1.807) is 31.3 Å². The van der Waals surface area contributed by atoms with Gasteiger partial charge in [0.15, 0.2) is 28.8 Å². The first-order valence-corrected chi connectivity index (χ1v) is 9.69. The number of benzene rings is 2. The molecule has 0 fully saturated rings. The summed E-state index contributed by atoms with van der Waals surface area (Å²) in [6, 6.07) is 13.0. The maximum atomic E-state index is 13.1. The van der Waals surface area contributed by atoms with Gasteiger partial charge in [0.1, 0.15) is 5.76 Å². The van der Waals surface area contributed by atoms with E-state index < -0.39 is 0 Å². The second-order valence-electron chi connectivity index (χ2n) is 7.18. The second kappa shape index (κ2) is 7.33. The highest BCUT2D eigenvalue weighted by Gasteiger charge is 2.26. The molecule has 0 saturated heterocycles. The third-order valence-electron chi connectivity index (χ3n) is 5.48. The van der Waals surface area contributed by atoms with Crippen molar-refractivity contribution < 1.29 is 28.2 Å². The van der Waals surface area contributed by atoms with E-state index in [2.05, 4.69) is 0 Å². The molecule has 0 saturated carbocycles. The molecule has 30 heavy (non-hydrogen) atoms. The van der Waals surface area contributed by atoms with E-state index >= 15 is 0 Å². The van der Waals surface area contributed by atoms with E-state index in [0.717, 1.165) is 23.1 Å². The van der Waals surface area contributed by atoms with Crippen LogP contribution in [0.2, 0.25) is 0 Å². The zero-order valence-electron chi connectivity index (χ0n) is 16.8. The van der Waals surface area contributed by atoms with Gasteiger partial charge in [-0.25, -0.2) is 0 Å². The summed E-state index contributed by atoms with van der Waals surface area (Å²) < 4.78 is 27.4. The Morgan fingerprint density at radius 2 is 1.70 bits per heavy atom. The number of fused-ring (bicyclic) bond motifs is 2. The van der Waals surface area contributed by atoms with Gasteiger partial charge in [-0.3, -0.25) is 4.79 Å². The Balaban J connectivity index is 1.36. The lowest BCUT2D eigenvalue weighted by molar-refractivity contribution is 0.0703. The molecule has 154 valence electrons. The second-order valence-corrected chi connectivity index (χ2v) is 7.18. The minimum Gasteiger partial charge on any atom is -0.493 e. The number of carbonyl (C=O) groups is 1. The van der Waals surface area contributed by atoms with Crippen molar-refractivity contribution >= 4 is 5.91 Å². The Morgan fingerprint density at radius 1 is 0.933 bits per heavy atom. The minimum atomic E-state index is -0.137. The number of hydrogen-bond donors (Lipinski definition) is 0. The molecule has 2 aliphatic heterocycles. The molecular weight excluding hydrogens is 386 g/mol. The van der Waals surface area contributed by atoms with Gasteiger partial charge in [0.05, 0.1) is 14.2 Å². The summed E-state index contributed by atoms with van der Waals surface area (Å²) in [5, 5.41) is 0. The number of amides is 1. The average molecular weight is 407 g/mol. The Bertz CT molecular complexity index is 1120. The number of carbonyl (C=O) groups excluding carboxylic acids is 1. The summed E-state index contributed by atoms with van der Waals surface area (Å²) in [6.45, 7) is 1.32. The fourth-order valence-electron chi connectivity index (χ4n) is 3.87. The molecule has 3 heterocycles. The van der Waals surface area contributed by atoms with Gasteiger partial charge in [-0.1, -0.05) is 0 Å². The zero-order chi connectivity index (χ0) is 20.7. The summed E-state index contributed by atoms with van der Waals surface area (Å²) in [5.74, 6) is 3.54. The van der Waals surface area contributed by atoms with Crippen molar-refractivity contribution in [1.29, 1.82) is 0 Å². The monoisotopic (exact) mass is 407 g/mol. The number of furan rings is 1. The first-order chi connectivity index (χ1) is 14.7. The van der Waals surface area contributed by atoms with Gasteiger partial charge >= 0.3 is 0 Å². The van der Waals surface area contributed by atoms with Crippen LogP contribution >= 0.6 is 0 Å². The van der Waals surface area contributed by atoms with Crippen LogP contribution in [0.3, 0.4) is 0 Å². The van der Waals surface area contributed by atoms with E-state index in [0.29, 0.717) is 47.6 Å². The quantitative estimate of drug-likeness (QED) is 0.654. The molecule has 0 unspecified atom stereocenters. The van der Waals surface area contributed by atoms with Gasteiger partial charge in [-0.2, -0.15) is 0 Å². The smallest absolute Gasteiger partial charge is 0.289 e. The van der Waals surface area contributed by atoms with Crippen molar-refractivity contribution in [3.05, 3.63) is 59.4 Å². The third-order valence-corrected chi connectivity index (χ3v) is 5.48. The lowest BCUT2D eigenvalue weighted by Gasteiger charge is -2.29. The van der Waals surface area contributed by atoms with Crippen LogP contribution in [0.4, 0.5) is 0 Å². The maximum Gasteiger partial charge on any atom is 0.289 e. The third kappa shape index (κ3) is 3.12. The van der Waals surface area contributed by atoms with Crippen molar-refractivity contribution in [3.63, 3.8) is 0 Å². The van der Waals surface area contributed by atoms with Crippen molar-refractivity contribution in [1.82, 2.24) is 4.90 Å². The molecule has 7 nitrogen and oxygen atoms in total. The molecule has 0 aliphatic carbocycles. The van der Waals surface area contributed by atoms with Gasteiger partial charge in [0.2, 0.25) is 6.79 Å². The van der Waals surface area contributed by atoms with E-state index in [1.807, 2.05) is 30.3 Å². The number of methoxy groups -OCH3 is 2. The van der Waals surface area contributed by atoms with Gasteiger partial charge < -0.3 is 28.3 Å². The van der Waals surface area contributed by atoms with E-state index in [-0.39, 0.29) is 12.7 Å².